The number of carbonyl (C=O) groups excluding carboxylic acids is 1. The summed E-state index contributed by atoms with van der Waals surface area (Å²) in [5, 5.41) is 0. The van der Waals surface area contributed by atoms with Crippen molar-refractivity contribution in [1.82, 2.24) is 14.7 Å². The molecule has 6 nitrogen and oxygen atoms in total. The zero-order valence-corrected chi connectivity index (χ0v) is 11.2. The molecule has 18 heavy (non-hydrogen) atoms. The zero-order chi connectivity index (χ0) is 13.0. The normalized spacial score (nSPS) is 27.8. The van der Waals surface area contributed by atoms with Gasteiger partial charge >= 0.3 is 0 Å². The van der Waals surface area contributed by atoms with Gasteiger partial charge in [-0.2, -0.15) is 0 Å². The Morgan fingerprint density at radius 1 is 1.22 bits per heavy atom. The van der Waals surface area contributed by atoms with Gasteiger partial charge in [-0.05, 0) is 7.05 Å². The Morgan fingerprint density at radius 2 is 1.94 bits per heavy atom. The molecule has 0 aliphatic carbocycles. The van der Waals surface area contributed by atoms with Crippen LogP contribution in [0.3, 0.4) is 0 Å². The Balaban J connectivity index is 1.79. The van der Waals surface area contributed by atoms with E-state index < -0.39 is 0 Å². The molecule has 0 spiro atoms. The van der Waals surface area contributed by atoms with Crippen molar-refractivity contribution in [1.29, 1.82) is 0 Å². The Kier molecular flexibility index (Phi) is 4.94. The molecule has 1 atom stereocenters. The predicted octanol–water partition coefficient (Wildman–Crippen LogP) is -1.58. The highest BCUT2D eigenvalue weighted by molar-refractivity contribution is 5.82. The van der Waals surface area contributed by atoms with Crippen LogP contribution < -0.4 is 5.73 Å². The van der Waals surface area contributed by atoms with Gasteiger partial charge in [0, 0.05) is 45.8 Å². The fourth-order valence-electron chi connectivity index (χ4n) is 2.53. The number of hydrogen-bond acceptors (Lipinski definition) is 5. The highest BCUT2D eigenvalue weighted by Gasteiger charge is 2.31. The van der Waals surface area contributed by atoms with Gasteiger partial charge in [0.25, 0.3) is 0 Å². The molecule has 0 aromatic heterocycles. The van der Waals surface area contributed by atoms with E-state index in [0.717, 1.165) is 52.5 Å². The summed E-state index contributed by atoms with van der Waals surface area (Å²) in [4.78, 5) is 18.6. The van der Waals surface area contributed by atoms with Gasteiger partial charge in [-0.3, -0.25) is 14.6 Å². The number of piperazine rings is 1. The third-order valence-corrected chi connectivity index (χ3v) is 3.86. The number of carbonyl (C=O) groups is 1. The summed E-state index contributed by atoms with van der Waals surface area (Å²) in [5.74, 6) is 0.180. The number of hydrogen-bond donors (Lipinski definition) is 1. The second-order valence-electron chi connectivity index (χ2n) is 5.01. The number of rotatable bonds is 4. The van der Waals surface area contributed by atoms with E-state index in [1.807, 2.05) is 16.8 Å². The monoisotopic (exact) mass is 256 g/mol. The minimum Gasteiger partial charge on any atom is -0.379 e. The van der Waals surface area contributed by atoms with Crippen LogP contribution in [0.1, 0.15) is 0 Å². The molecule has 0 saturated carbocycles. The average molecular weight is 256 g/mol. The summed E-state index contributed by atoms with van der Waals surface area (Å²) in [6.45, 7) is 7.45. The maximum atomic E-state index is 12.2. The van der Waals surface area contributed by atoms with E-state index in [-0.39, 0.29) is 11.9 Å². The molecule has 0 aromatic carbocycles. The standard InChI is InChI=1S/C12H24N4O2/c1-14-2-4-16(12(17)11(14)10-13)5-3-15-6-8-18-9-7-15/h11H,2-10,13H2,1H3. The van der Waals surface area contributed by atoms with E-state index >= 15 is 0 Å². The lowest BCUT2D eigenvalue weighted by Gasteiger charge is -2.39. The van der Waals surface area contributed by atoms with Crippen molar-refractivity contribution in [3.63, 3.8) is 0 Å². The van der Waals surface area contributed by atoms with Crippen LogP contribution in [0.15, 0.2) is 0 Å². The van der Waals surface area contributed by atoms with E-state index in [0.29, 0.717) is 6.54 Å². The number of amides is 1. The summed E-state index contributed by atoms with van der Waals surface area (Å²) in [6.07, 6.45) is 0. The minimum absolute atomic E-state index is 0.136. The largest absolute Gasteiger partial charge is 0.379 e. The van der Waals surface area contributed by atoms with Crippen molar-refractivity contribution in [2.45, 2.75) is 6.04 Å². The quantitative estimate of drug-likeness (QED) is 0.658. The van der Waals surface area contributed by atoms with Gasteiger partial charge in [0.05, 0.1) is 13.2 Å². The summed E-state index contributed by atoms with van der Waals surface area (Å²) >= 11 is 0. The fraction of sp³-hybridized carbons (Fsp3) is 0.917. The van der Waals surface area contributed by atoms with Crippen LogP contribution in [0, 0.1) is 0 Å². The molecule has 2 fully saturated rings. The highest BCUT2D eigenvalue weighted by atomic mass is 16.5. The molecule has 2 aliphatic heterocycles. The van der Waals surface area contributed by atoms with Crippen molar-refractivity contribution < 1.29 is 9.53 Å². The zero-order valence-electron chi connectivity index (χ0n) is 11.2. The van der Waals surface area contributed by atoms with Crippen molar-refractivity contribution >= 4 is 5.91 Å². The molecule has 0 bridgehead atoms. The Labute approximate surface area is 109 Å². The summed E-state index contributed by atoms with van der Waals surface area (Å²) in [7, 11) is 1.97. The Morgan fingerprint density at radius 3 is 2.61 bits per heavy atom. The average Bonchev–Trinajstić information content (AvgIpc) is 2.40. The number of morpholine rings is 1. The minimum atomic E-state index is -0.136. The van der Waals surface area contributed by atoms with Crippen LogP contribution in [-0.4, -0.2) is 92.7 Å². The van der Waals surface area contributed by atoms with Gasteiger partial charge in [-0.15, -0.1) is 0 Å². The summed E-state index contributed by atoms with van der Waals surface area (Å²) < 4.78 is 5.32. The third-order valence-electron chi connectivity index (χ3n) is 3.86. The molecular formula is C12H24N4O2. The smallest absolute Gasteiger partial charge is 0.241 e. The van der Waals surface area contributed by atoms with Crippen molar-refractivity contribution in [2.75, 3.05) is 66.1 Å². The Hall–Kier alpha value is -0.690. The van der Waals surface area contributed by atoms with E-state index in [4.69, 9.17) is 10.5 Å². The second-order valence-corrected chi connectivity index (χ2v) is 5.01. The van der Waals surface area contributed by atoms with Crippen LogP contribution in [0.25, 0.3) is 0 Å². The number of nitrogens with zero attached hydrogens (tertiary/aromatic N) is 3. The molecular weight excluding hydrogens is 232 g/mol. The molecule has 2 N–H and O–H groups in total. The van der Waals surface area contributed by atoms with E-state index in [1.165, 1.54) is 0 Å². The van der Waals surface area contributed by atoms with Crippen molar-refractivity contribution in [2.24, 2.45) is 5.73 Å². The molecule has 2 aliphatic rings. The first-order chi connectivity index (χ1) is 8.72. The van der Waals surface area contributed by atoms with Gasteiger partial charge < -0.3 is 15.4 Å². The van der Waals surface area contributed by atoms with Crippen molar-refractivity contribution in [3.8, 4) is 0 Å². The van der Waals surface area contributed by atoms with Gasteiger partial charge in [-0.1, -0.05) is 0 Å². The SMILES string of the molecule is CN1CCN(CCN2CCOCC2)C(=O)C1CN. The van der Waals surface area contributed by atoms with E-state index in [2.05, 4.69) is 4.90 Å². The highest BCUT2D eigenvalue weighted by Crippen LogP contribution is 2.09. The molecule has 1 amide bonds. The topological polar surface area (TPSA) is 62.0 Å². The molecule has 6 heteroatoms. The number of ether oxygens (including phenoxy) is 1. The molecule has 104 valence electrons. The van der Waals surface area contributed by atoms with Crippen LogP contribution in [-0.2, 0) is 9.53 Å². The van der Waals surface area contributed by atoms with Crippen LogP contribution in [0.5, 0.6) is 0 Å². The molecule has 2 heterocycles. The van der Waals surface area contributed by atoms with Gasteiger partial charge in [0.15, 0.2) is 0 Å². The van der Waals surface area contributed by atoms with Gasteiger partial charge in [-0.25, -0.2) is 0 Å². The molecule has 1 unspecified atom stereocenters. The van der Waals surface area contributed by atoms with Crippen molar-refractivity contribution in [3.05, 3.63) is 0 Å². The molecule has 2 saturated heterocycles. The Bertz CT molecular complexity index is 281. The second kappa shape index (κ2) is 6.47. The summed E-state index contributed by atoms with van der Waals surface area (Å²) in [5.41, 5.74) is 5.67. The lowest BCUT2D eigenvalue weighted by molar-refractivity contribution is -0.140. The van der Waals surface area contributed by atoms with Gasteiger partial charge in [0.2, 0.25) is 5.91 Å². The van der Waals surface area contributed by atoms with Crippen LogP contribution in [0.2, 0.25) is 0 Å². The number of nitrogens with two attached hydrogens (primary N) is 1. The third kappa shape index (κ3) is 3.20. The maximum Gasteiger partial charge on any atom is 0.241 e. The van der Waals surface area contributed by atoms with E-state index in [1.54, 1.807) is 0 Å². The van der Waals surface area contributed by atoms with Crippen LogP contribution >= 0.6 is 0 Å². The lowest BCUT2D eigenvalue weighted by atomic mass is 10.1. The van der Waals surface area contributed by atoms with Crippen LogP contribution in [0.4, 0.5) is 0 Å². The predicted molar refractivity (Wildman–Crippen MR) is 69.3 cm³/mol. The maximum absolute atomic E-state index is 12.2. The van der Waals surface area contributed by atoms with E-state index in [9.17, 15) is 4.79 Å². The molecule has 2 rings (SSSR count). The first-order valence-corrected chi connectivity index (χ1v) is 6.71. The van der Waals surface area contributed by atoms with Gasteiger partial charge in [0.1, 0.15) is 6.04 Å². The molecule has 0 aromatic rings. The molecule has 0 radical (unpaired) electrons. The number of likely N-dealkylation sites (N-methyl/N-ethyl adjacent to an activating group) is 1. The first-order valence-electron chi connectivity index (χ1n) is 6.71. The first kappa shape index (κ1) is 13.7. The lowest BCUT2D eigenvalue weighted by Crippen LogP contribution is -2.59. The summed E-state index contributed by atoms with van der Waals surface area (Å²) in [6, 6.07) is -0.136. The fourth-order valence-corrected chi connectivity index (χ4v) is 2.53.